The van der Waals surface area contributed by atoms with Crippen molar-refractivity contribution in [2.45, 2.75) is 33.6 Å². The van der Waals surface area contributed by atoms with E-state index in [1.54, 1.807) is 13.0 Å². The Balaban J connectivity index is 2.11. The fourth-order valence-corrected chi connectivity index (χ4v) is 3.08. The summed E-state index contributed by atoms with van der Waals surface area (Å²) in [5.74, 6) is 0.479. The molecule has 2 atom stereocenters. The van der Waals surface area contributed by atoms with Crippen molar-refractivity contribution in [3.63, 3.8) is 0 Å². The lowest BCUT2D eigenvalue weighted by Gasteiger charge is -2.27. The number of carbonyl (C=O) groups is 1. The first kappa shape index (κ1) is 16.4. The Labute approximate surface area is 130 Å². The highest BCUT2D eigenvalue weighted by molar-refractivity contribution is 5.95. The van der Waals surface area contributed by atoms with Crippen LogP contribution < -0.4 is 10.2 Å². The lowest BCUT2D eigenvalue weighted by molar-refractivity contribution is -0.900. The summed E-state index contributed by atoms with van der Waals surface area (Å²) in [6.07, 6.45) is 2.35. The number of nitro groups is 1. The normalized spacial score (nSPS) is 21.4. The van der Waals surface area contributed by atoms with Crippen LogP contribution in [0.4, 0.5) is 11.4 Å². The number of carbonyl (C=O) groups excluding carboxylic acids is 1. The molecule has 1 aromatic rings. The summed E-state index contributed by atoms with van der Waals surface area (Å²) >= 11 is 0. The minimum Gasteiger partial charge on any atom is -0.327 e. The van der Waals surface area contributed by atoms with E-state index in [1.807, 2.05) is 6.92 Å². The van der Waals surface area contributed by atoms with Crippen molar-refractivity contribution >= 4 is 17.3 Å². The monoisotopic (exact) mass is 306 g/mol. The minimum absolute atomic E-state index is 0.0431. The van der Waals surface area contributed by atoms with Crippen LogP contribution in [0.2, 0.25) is 0 Å². The molecule has 2 rings (SSSR count). The second-order valence-electron chi connectivity index (χ2n) is 6.34. The van der Waals surface area contributed by atoms with Gasteiger partial charge in [-0.2, -0.15) is 0 Å². The molecule has 6 nitrogen and oxygen atoms in total. The molecule has 0 aliphatic carbocycles. The van der Waals surface area contributed by atoms with Gasteiger partial charge in [-0.25, -0.2) is 0 Å². The predicted molar refractivity (Wildman–Crippen MR) is 85.2 cm³/mol. The van der Waals surface area contributed by atoms with E-state index >= 15 is 0 Å². The van der Waals surface area contributed by atoms with Gasteiger partial charge >= 0.3 is 0 Å². The lowest BCUT2D eigenvalue weighted by Crippen LogP contribution is -3.14. The first-order valence-corrected chi connectivity index (χ1v) is 7.76. The van der Waals surface area contributed by atoms with Gasteiger partial charge < -0.3 is 10.2 Å². The van der Waals surface area contributed by atoms with Crippen LogP contribution in [-0.2, 0) is 4.79 Å². The Bertz CT molecular complexity index is 586. The first-order chi connectivity index (χ1) is 10.4. The van der Waals surface area contributed by atoms with Gasteiger partial charge in [0.1, 0.15) is 5.69 Å². The zero-order valence-corrected chi connectivity index (χ0v) is 13.4. The van der Waals surface area contributed by atoms with Crippen LogP contribution in [0.3, 0.4) is 0 Å². The highest BCUT2D eigenvalue weighted by Crippen LogP contribution is 2.29. The van der Waals surface area contributed by atoms with Crippen LogP contribution in [0.1, 0.15) is 30.9 Å². The molecule has 1 aliphatic heterocycles. The van der Waals surface area contributed by atoms with Crippen LogP contribution in [0, 0.1) is 29.9 Å². The van der Waals surface area contributed by atoms with Gasteiger partial charge in [0.05, 0.1) is 18.0 Å². The molecule has 120 valence electrons. The number of likely N-dealkylation sites (tertiary alicyclic amines) is 1. The molecule has 1 aliphatic rings. The summed E-state index contributed by atoms with van der Waals surface area (Å²) < 4.78 is 0. The van der Waals surface area contributed by atoms with Gasteiger partial charge in [0.25, 0.3) is 11.6 Å². The molecular weight excluding hydrogens is 282 g/mol. The number of benzene rings is 1. The zero-order chi connectivity index (χ0) is 16.3. The van der Waals surface area contributed by atoms with E-state index in [0.29, 0.717) is 18.2 Å². The number of quaternary nitrogens is 1. The Kier molecular flexibility index (Phi) is 5.13. The van der Waals surface area contributed by atoms with Gasteiger partial charge in [0.2, 0.25) is 0 Å². The number of aryl methyl sites for hydroxylation is 1. The Hall–Kier alpha value is -1.95. The van der Waals surface area contributed by atoms with Crippen LogP contribution in [0.5, 0.6) is 0 Å². The van der Waals surface area contributed by atoms with Crippen LogP contribution >= 0.6 is 0 Å². The second kappa shape index (κ2) is 6.87. The summed E-state index contributed by atoms with van der Waals surface area (Å²) in [7, 11) is 0. The molecule has 6 heteroatoms. The van der Waals surface area contributed by atoms with Crippen molar-refractivity contribution in [2.75, 3.05) is 25.0 Å². The summed E-state index contributed by atoms with van der Waals surface area (Å²) in [4.78, 5) is 24.2. The molecule has 1 fully saturated rings. The molecule has 1 saturated heterocycles. The fraction of sp³-hybridized carbons (Fsp3) is 0.562. The topological polar surface area (TPSA) is 76.7 Å². The van der Waals surface area contributed by atoms with Gasteiger partial charge in [-0.1, -0.05) is 13.0 Å². The van der Waals surface area contributed by atoms with E-state index in [0.717, 1.165) is 30.6 Å². The number of hydrogen-bond donors (Lipinski definition) is 2. The zero-order valence-electron chi connectivity index (χ0n) is 13.4. The van der Waals surface area contributed by atoms with Crippen molar-refractivity contribution in [1.82, 2.24) is 0 Å². The molecule has 1 amide bonds. The van der Waals surface area contributed by atoms with Crippen LogP contribution in [-0.4, -0.2) is 30.5 Å². The van der Waals surface area contributed by atoms with Gasteiger partial charge in [-0.15, -0.1) is 0 Å². The Morgan fingerprint density at radius 2 is 2.18 bits per heavy atom. The SMILES string of the molecule is Cc1ccc([N+](=O)[O-])c(NC(=O)C[NH+]2CCC[C@H](C)C2)c1C. The summed E-state index contributed by atoms with van der Waals surface area (Å²) in [5, 5.41) is 13.9. The van der Waals surface area contributed by atoms with E-state index in [2.05, 4.69) is 12.2 Å². The Morgan fingerprint density at radius 3 is 2.82 bits per heavy atom. The maximum absolute atomic E-state index is 12.3. The summed E-state index contributed by atoms with van der Waals surface area (Å²) in [6.45, 7) is 8.23. The number of piperidine rings is 1. The molecular formula is C16H24N3O3+. The van der Waals surface area contributed by atoms with E-state index in [9.17, 15) is 14.9 Å². The van der Waals surface area contributed by atoms with E-state index in [-0.39, 0.29) is 11.6 Å². The quantitative estimate of drug-likeness (QED) is 0.653. The van der Waals surface area contributed by atoms with Gasteiger partial charge in [0, 0.05) is 12.0 Å². The smallest absolute Gasteiger partial charge is 0.293 e. The minimum atomic E-state index is -0.447. The molecule has 0 radical (unpaired) electrons. The average molecular weight is 306 g/mol. The number of rotatable bonds is 4. The number of hydrogen-bond acceptors (Lipinski definition) is 3. The number of anilines is 1. The van der Waals surface area contributed by atoms with E-state index < -0.39 is 4.92 Å². The van der Waals surface area contributed by atoms with Crippen LogP contribution in [0.25, 0.3) is 0 Å². The summed E-state index contributed by atoms with van der Waals surface area (Å²) in [5.41, 5.74) is 1.97. The van der Waals surface area contributed by atoms with Gasteiger partial charge in [0.15, 0.2) is 6.54 Å². The summed E-state index contributed by atoms with van der Waals surface area (Å²) in [6, 6.07) is 3.16. The number of nitro benzene ring substituents is 1. The third kappa shape index (κ3) is 3.82. The predicted octanol–water partition coefficient (Wildman–Crippen LogP) is 1.46. The fourth-order valence-electron chi connectivity index (χ4n) is 3.08. The van der Waals surface area contributed by atoms with Crippen molar-refractivity contribution in [3.8, 4) is 0 Å². The number of nitrogens with zero attached hydrogens (tertiary/aromatic N) is 1. The van der Waals surface area contributed by atoms with E-state index in [1.165, 1.54) is 17.4 Å². The molecule has 1 aromatic carbocycles. The van der Waals surface area contributed by atoms with Crippen LogP contribution in [0.15, 0.2) is 12.1 Å². The molecule has 1 unspecified atom stereocenters. The van der Waals surface area contributed by atoms with E-state index in [4.69, 9.17) is 0 Å². The molecule has 22 heavy (non-hydrogen) atoms. The number of amides is 1. The molecule has 2 N–H and O–H groups in total. The van der Waals surface area contributed by atoms with Gasteiger partial charge in [-0.3, -0.25) is 14.9 Å². The standard InChI is InChI=1S/C16H23N3O3/c1-11-5-4-8-18(9-11)10-15(20)17-16-13(3)12(2)6-7-14(16)19(21)22/h6-7,11H,4-5,8-10H2,1-3H3,(H,17,20)/p+1/t11-/m0/s1. The third-order valence-corrected chi connectivity index (χ3v) is 4.45. The molecule has 0 bridgehead atoms. The lowest BCUT2D eigenvalue weighted by atomic mass is 10.0. The van der Waals surface area contributed by atoms with Gasteiger partial charge in [-0.05, 0) is 37.8 Å². The molecule has 0 saturated carbocycles. The van der Waals surface area contributed by atoms with Crippen molar-refractivity contribution in [2.24, 2.45) is 5.92 Å². The Morgan fingerprint density at radius 1 is 1.45 bits per heavy atom. The number of nitrogens with one attached hydrogen (secondary N) is 2. The van der Waals surface area contributed by atoms with Crippen molar-refractivity contribution < 1.29 is 14.6 Å². The first-order valence-electron chi connectivity index (χ1n) is 7.76. The third-order valence-electron chi connectivity index (χ3n) is 4.45. The molecule has 1 heterocycles. The molecule has 0 aromatic heterocycles. The van der Waals surface area contributed by atoms with Crippen molar-refractivity contribution in [3.05, 3.63) is 33.4 Å². The second-order valence-corrected chi connectivity index (χ2v) is 6.34. The van der Waals surface area contributed by atoms with Crippen molar-refractivity contribution in [1.29, 1.82) is 0 Å². The highest BCUT2D eigenvalue weighted by atomic mass is 16.6. The molecule has 0 spiro atoms. The maximum atomic E-state index is 12.3. The maximum Gasteiger partial charge on any atom is 0.293 e. The largest absolute Gasteiger partial charge is 0.327 e. The highest BCUT2D eigenvalue weighted by Gasteiger charge is 2.24. The average Bonchev–Trinajstić information content (AvgIpc) is 2.43.